The molecule has 1 aliphatic heterocycles. The number of piperidine rings is 1. The zero-order valence-corrected chi connectivity index (χ0v) is 22.1. The van der Waals surface area contributed by atoms with Gasteiger partial charge in [0, 0.05) is 23.4 Å². The Kier molecular flexibility index (Phi) is 11.2. The van der Waals surface area contributed by atoms with E-state index in [4.69, 9.17) is 11.5 Å². The van der Waals surface area contributed by atoms with Crippen LogP contribution < -0.4 is 17.2 Å². The standard InChI is InChI=1S/C20H22FN7O.C5H8O2.CH5N/c1-28-8-5-11(6-9-28)14-10-15(27-20(23)26-14)18-16(29)3-2-13(25-18)12-4-7-24-19(22)17(12)21;1-4(6)3-5(2)7;1-2/h2-4,7,10-11,29H,5-6,8-9H2,1H3,(H2,22,24)(H2,23,26,27);3H2,1-2H3;2H2,1H3. The normalized spacial score (nSPS) is 13.5. The molecule has 11 nitrogen and oxygen atoms in total. The summed E-state index contributed by atoms with van der Waals surface area (Å²) in [5.74, 6) is -0.704. The molecule has 38 heavy (non-hydrogen) atoms. The Morgan fingerprint density at radius 3 is 2.24 bits per heavy atom. The SMILES string of the molecule is CC(=O)CC(C)=O.CN.CN1CCC(c2cc(-c3nc(-c4ccnc(N)c4F)ccc3O)nc(N)n2)CC1. The highest BCUT2D eigenvalue weighted by atomic mass is 19.1. The van der Waals surface area contributed by atoms with E-state index in [1.165, 1.54) is 45.3 Å². The maximum Gasteiger partial charge on any atom is 0.220 e. The van der Waals surface area contributed by atoms with Gasteiger partial charge >= 0.3 is 0 Å². The van der Waals surface area contributed by atoms with Crippen molar-refractivity contribution in [3.05, 3.63) is 42.0 Å². The maximum atomic E-state index is 14.4. The summed E-state index contributed by atoms with van der Waals surface area (Å²) in [5.41, 5.74) is 17.9. The molecular formula is C26H35FN8O3. The van der Waals surface area contributed by atoms with Crippen molar-refractivity contribution in [2.75, 3.05) is 38.7 Å². The largest absolute Gasteiger partial charge is 0.506 e. The lowest BCUT2D eigenvalue weighted by molar-refractivity contribution is -0.124. The second kappa shape index (κ2) is 14.1. The molecule has 1 fully saturated rings. The van der Waals surface area contributed by atoms with E-state index in [1.54, 1.807) is 6.07 Å². The summed E-state index contributed by atoms with van der Waals surface area (Å²) in [4.78, 5) is 39.1. The van der Waals surface area contributed by atoms with Crippen molar-refractivity contribution in [3.63, 3.8) is 0 Å². The molecule has 3 aromatic heterocycles. The third kappa shape index (κ3) is 8.25. The fourth-order valence-corrected chi connectivity index (χ4v) is 3.92. The van der Waals surface area contributed by atoms with E-state index >= 15 is 0 Å². The highest BCUT2D eigenvalue weighted by molar-refractivity contribution is 5.96. The van der Waals surface area contributed by atoms with E-state index in [0.29, 0.717) is 11.4 Å². The molecule has 3 aromatic rings. The number of hydrogen-bond acceptors (Lipinski definition) is 11. The van der Waals surface area contributed by atoms with E-state index in [1.807, 2.05) is 0 Å². The van der Waals surface area contributed by atoms with Crippen LogP contribution in [0.25, 0.3) is 22.6 Å². The molecule has 0 aromatic carbocycles. The number of nitrogens with zero attached hydrogens (tertiary/aromatic N) is 5. The molecule has 0 aliphatic carbocycles. The first-order chi connectivity index (χ1) is 18.0. The predicted molar refractivity (Wildman–Crippen MR) is 145 cm³/mol. The van der Waals surface area contributed by atoms with Crippen LogP contribution in [0.2, 0.25) is 0 Å². The number of aromatic hydroxyl groups is 1. The molecule has 1 saturated heterocycles. The van der Waals surface area contributed by atoms with Gasteiger partial charge in [0.2, 0.25) is 5.95 Å². The first-order valence-electron chi connectivity index (χ1n) is 12.1. The van der Waals surface area contributed by atoms with Gasteiger partial charge in [-0.15, -0.1) is 0 Å². The molecule has 7 N–H and O–H groups in total. The number of hydrogen-bond donors (Lipinski definition) is 4. The fraction of sp³-hybridized carbons (Fsp3) is 0.385. The summed E-state index contributed by atoms with van der Waals surface area (Å²) in [6, 6.07) is 6.24. The zero-order chi connectivity index (χ0) is 28.4. The van der Waals surface area contributed by atoms with Crippen molar-refractivity contribution >= 4 is 23.3 Å². The molecule has 0 saturated carbocycles. The van der Waals surface area contributed by atoms with E-state index in [9.17, 15) is 19.1 Å². The lowest BCUT2D eigenvalue weighted by Gasteiger charge is -2.28. The van der Waals surface area contributed by atoms with Gasteiger partial charge in [0.05, 0.1) is 17.8 Å². The van der Waals surface area contributed by atoms with Gasteiger partial charge in [0.15, 0.2) is 11.6 Å². The third-order valence-corrected chi connectivity index (χ3v) is 5.71. The van der Waals surface area contributed by atoms with Crippen molar-refractivity contribution in [1.29, 1.82) is 0 Å². The quantitative estimate of drug-likeness (QED) is 0.358. The molecule has 0 spiro atoms. The van der Waals surface area contributed by atoms with Gasteiger partial charge in [0.1, 0.15) is 23.0 Å². The van der Waals surface area contributed by atoms with Crippen molar-refractivity contribution in [2.45, 2.75) is 39.0 Å². The summed E-state index contributed by atoms with van der Waals surface area (Å²) >= 11 is 0. The van der Waals surface area contributed by atoms with Crippen LogP contribution in [0.15, 0.2) is 30.5 Å². The number of carbonyl (C=O) groups is 2. The minimum atomic E-state index is -0.661. The average molecular weight is 527 g/mol. The summed E-state index contributed by atoms with van der Waals surface area (Å²) < 4.78 is 14.4. The zero-order valence-electron chi connectivity index (χ0n) is 22.1. The Labute approximate surface area is 221 Å². The van der Waals surface area contributed by atoms with Gasteiger partial charge in [0.25, 0.3) is 0 Å². The van der Waals surface area contributed by atoms with Crippen LogP contribution in [0.3, 0.4) is 0 Å². The minimum Gasteiger partial charge on any atom is -0.506 e. The number of carbonyl (C=O) groups excluding carboxylic acids is 2. The van der Waals surface area contributed by atoms with E-state index in [2.05, 4.69) is 37.6 Å². The summed E-state index contributed by atoms with van der Waals surface area (Å²) in [5, 5.41) is 10.4. The second-order valence-electron chi connectivity index (χ2n) is 8.82. The first kappa shape index (κ1) is 30.2. The van der Waals surface area contributed by atoms with Crippen LogP contribution >= 0.6 is 0 Å². The van der Waals surface area contributed by atoms with E-state index < -0.39 is 5.82 Å². The number of pyridine rings is 2. The highest BCUT2D eigenvalue weighted by Crippen LogP contribution is 2.34. The van der Waals surface area contributed by atoms with Crippen LogP contribution in [0.4, 0.5) is 16.2 Å². The average Bonchev–Trinajstić information content (AvgIpc) is 2.87. The number of rotatable bonds is 5. The Morgan fingerprint density at radius 2 is 1.66 bits per heavy atom. The van der Waals surface area contributed by atoms with Gasteiger partial charge < -0.3 is 27.2 Å². The lowest BCUT2D eigenvalue weighted by Crippen LogP contribution is -2.29. The van der Waals surface area contributed by atoms with Crippen LogP contribution in [0, 0.1) is 5.82 Å². The number of halogens is 1. The van der Waals surface area contributed by atoms with Crippen molar-refractivity contribution in [1.82, 2.24) is 24.8 Å². The van der Waals surface area contributed by atoms with Crippen LogP contribution in [-0.4, -0.2) is 68.7 Å². The van der Waals surface area contributed by atoms with Gasteiger partial charge in [-0.2, -0.15) is 0 Å². The number of anilines is 2. The van der Waals surface area contributed by atoms with E-state index in [-0.39, 0.29) is 52.7 Å². The monoisotopic (exact) mass is 526 g/mol. The van der Waals surface area contributed by atoms with Crippen LogP contribution in [0.1, 0.15) is 44.7 Å². The Balaban J connectivity index is 0.000000491. The van der Waals surface area contributed by atoms with Gasteiger partial charge in [-0.25, -0.2) is 24.3 Å². The molecule has 4 rings (SSSR count). The number of Topliss-reactive ketones (excluding diaryl/α,β-unsaturated/α-hetero) is 2. The molecule has 0 amide bonds. The van der Waals surface area contributed by atoms with Crippen LogP contribution in [0.5, 0.6) is 5.75 Å². The van der Waals surface area contributed by atoms with Crippen LogP contribution in [-0.2, 0) is 9.59 Å². The molecule has 0 unspecified atom stereocenters. The summed E-state index contributed by atoms with van der Waals surface area (Å²) in [6.45, 7) is 4.76. The molecule has 0 bridgehead atoms. The van der Waals surface area contributed by atoms with Gasteiger partial charge in [-0.05, 0) is 78.1 Å². The van der Waals surface area contributed by atoms with Crippen molar-refractivity contribution in [2.24, 2.45) is 5.73 Å². The molecule has 4 heterocycles. The van der Waals surface area contributed by atoms with Gasteiger partial charge in [-0.3, -0.25) is 9.59 Å². The van der Waals surface area contributed by atoms with Crippen molar-refractivity contribution in [3.8, 4) is 28.4 Å². The van der Waals surface area contributed by atoms with Gasteiger partial charge in [-0.1, -0.05) is 0 Å². The third-order valence-electron chi connectivity index (χ3n) is 5.71. The molecule has 0 atom stereocenters. The summed E-state index contributed by atoms with van der Waals surface area (Å²) in [7, 11) is 3.59. The molecule has 0 radical (unpaired) electrons. The Bertz CT molecular complexity index is 1250. The maximum absolute atomic E-state index is 14.4. The molecule has 12 heteroatoms. The topological polar surface area (TPSA) is 187 Å². The summed E-state index contributed by atoms with van der Waals surface area (Å²) in [6.07, 6.45) is 3.42. The fourth-order valence-electron chi connectivity index (χ4n) is 3.92. The number of aromatic nitrogens is 4. The smallest absolute Gasteiger partial charge is 0.220 e. The predicted octanol–water partition coefficient (Wildman–Crippen LogP) is 2.55. The number of likely N-dealkylation sites (tertiary alicyclic amines) is 1. The second-order valence-corrected chi connectivity index (χ2v) is 8.82. The lowest BCUT2D eigenvalue weighted by atomic mass is 9.93. The minimum absolute atomic E-state index is 0.0625. The van der Waals surface area contributed by atoms with Crippen molar-refractivity contribution < 1.29 is 19.1 Å². The highest BCUT2D eigenvalue weighted by Gasteiger charge is 2.22. The molecule has 204 valence electrons. The first-order valence-corrected chi connectivity index (χ1v) is 12.1. The number of nitrogen functional groups attached to an aromatic ring is 2. The Hall–Kier alpha value is -4.03. The number of nitrogens with two attached hydrogens (primary N) is 3. The molecular weight excluding hydrogens is 491 g/mol. The molecule has 1 aliphatic rings. The Morgan fingerprint density at radius 1 is 1.03 bits per heavy atom. The van der Waals surface area contributed by atoms with E-state index in [0.717, 1.165) is 31.6 Å². The number of ketones is 2.